The van der Waals surface area contributed by atoms with Crippen LogP contribution in [0.25, 0.3) is 0 Å². The molecule has 0 fully saturated rings. The van der Waals surface area contributed by atoms with E-state index in [-0.39, 0.29) is 7.92 Å². The van der Waals surface area contributed by atoms with Crippen LogP contribution in [0.2, 0.25) is 0 Å². The number of rotatable bonds is 6. The minimum absolute atomic E-state index is 0.272. The lowest BCUT2D eigenvalue weighted by Crippen LogP contribution is -2.29. The molecule has 0 amide bonds. The molecule has 4 heteroatoms. The van der Waals surface area contributed by atoms with Crippen LogP contribution in [0, 0.1) is 0 Å². The van der Waals surface area contributed by atoms with E-state index in [4.69, 9.17) is 0 Å². The summed E-state index contributed by atoms with van der Waals surface area (Å²) in [6.45, 7) is 18.5. The van der Waals surface area contributed by atoms with Crippen LogP contribution >= 0.6 is 23.3 Å². The van der Waals surface area contributed by atoms with E-state index in [1.807, 2.05) is 0 Å². The average molecular weight is 268 g/mol. The van der Waals surface area contributed by atoms with Crippen molar-refractivity contribution in [2.75, 3.05) is 32.6 Å². The molecule has 1 atom stereocenters. The normalized spacial score (nSPS) is 14.4. The van der Waals surface area contributed by atoms with Crippen molar-refractivity contribution in [3.05, 3.63) is 0 Å². The lowest BCUT2D eigenvalue weighted by Gasteiger charge is -2.33. The van der Waals surface area contributed by atoms with Crippen LogP contribution in [-0.2, 0) is 0 Å². The van der Waals surface area contributed by atoms with Gasteiger partial charge in [-0.2, -0.15) is 0 Å². The first-order valence-corrected chi connectivity index (χ1v) is 12.8. The molecule has 1 unspecified atom stereocenters. The Morgan fingerprint density at radius 1 is 1.07 bits per heavy atom. The van der Waals surface area contributed by atoms with E-state index in [0.717, 1.165) is 8.42 Å². The Bertz CT molecular complexity index is 171. The summed E-state index contributed by atoms with van der Waals surface area (Å²) in [6, 6.07) is 1.39. The standard InChI is InChI=1S/C11H29NP3/c1-10(2)12(11(3)4)13-15(7,8)9-14(5)6/h10-11,13H,9H2,1-8H3/q+1. The summed E-state index contributed by atoms with van der Waals surface area (Å²) in [5.74, 6) is 1.50. The van der Waals surface area contributed by atoms with Crippen LogP contribution in [0.3, 0.4) is 0 Å². The zero-order valence-electron chi connectivity index (χ0n) is 11.7. The maximum Gasteiger partial charge on any atom is 0.117 e. The molecular weight excluding hydrogens is 239 g/mol. The van der Waals surface area contributed by atoms with Crippen LogP contribution in [0.1, 0.15) is 27.7 Å². The van der Waals surface area contributed by atoms with E-state index >= 15 is 0 Å². The van der Waals surface area contributed by atoms with Gasteiger partial charge in [0.25, 0.3) is 0 Å². The Hall–Kier alpha value is 1.25. The molecule has 0 bridgehead atoms. The fourth-order valence-corrected chi connectivity index (χ4v) is 15.3. The molecular formula is C11H29NP3+. The summed E-state index contributed by atoms with van der Waals surface area (Å²) in [5, 5.41) is 0. The minimum atomic E-state index is -0.680. The highest BCUT2D eigenvalue weighted by atomic mass is 32.1. The van der Waals surface area contributed by atoms with Crippen molar-refractivity contribution in [2.24, 2.45) is 0 Å². The van der Waals surface area contributed by atoms with Crippen LogP contribution in [0.4, 0.5) is 0 Å². The smallest absolute Gasteiger partial charge is 0.117 e. The summed E-state index contributed by atoms with van der Waals surface area (Å²) in [5.41, 5.74) is 0. The minimum Gasteiger partial charge on any atom is -0.248 e. The van der Waals surface area contributed by atoms with Gasteiger partial charge in [-0.05, 0) is 41.0 Å². The molecule has 0 spiro atoms. The summed E-state index contributed by atoms with van der Waals surface area (Å²) in [7, 11) is 1.34. The molecule has 0 aromatic heterocycles. The molecule has 0 aliphatic rings. The van der Waals surface area contributed by atoms with Gasteiger partial charge in [0.05, 0.1) is 19.2 Å². The van der Waals surface area contributed by atoms with Gasteiger partial charge in [-0.1, -0.05) is 7.92 Å². The van der Waals surface area contributed by atoms with E-state index in [9.17, 15) is 0 Å². The molecule has 0 aliphatic carbocycles. The van der Waals surface area contributed by atoms with Gasteiger partial charge in [-0.3, -0.25) is 0 Å². The first kappa shape index (κ1) is 16.2. The first-order valence-electron chi connectivity index (χ1n) is 5.69. The van der Waals surface area contributed by atoms with Crippen LogP contribution < -0.4 is 0 Å². The van der Waals surface area contributed by atoms with E-state index in [0.29, 0.717) is 12.1 Å². The second-order valence-corrected chi connectivity index (χ2v) is 17.2. The van der Waals surface area contributed by atoms with Gasteiger partial charge in [-0.15, -0.1) is 0 Å². The molecule has 0 aromatic rings. The molecule has 0 saturated heterocycles. The van der Waals surface area contributed by atoms with Gasteiger partial charge in [0.2, 0.25) is 0 Å². The average Bonchev–Trinajstić information content (AvgIpc) is 1.96. The van der Waals surface area contributed by atoms with Crippen LogP contribution in [0.5, 0.6) is 0 Å². The molecule has 0 rings (SSSR count). The molecule has 92 valence electrons. The van der Waals surface area contributed by atoms with Crippen molar-refractivity contribution in [3.63, 3.8) is 0 Å². The third kappa shape index (κ3) is 7.23. The summed E-state index contributed by atoms with van der Waals surface area (Å²) >= 11 is 0. The predicted octanol–water partition coefficient (Wildman–Crippen LogP) is 4.59. The topological polar surface area (TPSA) is 3.24 Å². The van der Waals surface area contributed by atoms with Gasteiger partial charge < -0.3 is 0 Å². The zero-order chi connectivity index (χ0) is 12.2. The number of hydrogen-bond donors (Lipinski definition) is 0. The largest absolute Gasteiger partial charge is 0.248 e. The van der Waals surface area contributed by atoms with Gasteiger partial charge in [0, 0.05) is 19.0 Å². The quantitative estimate of drug-likeness (QED) is 0.637. The van der Waals surface area contributed by atoms with Gasteiger partial charge in [-0.25, -0.2) is 4.67 Å². The highest BCUT2D eigenvalue weighted by molar-refractivity contribution is 8.31. The summed E-state index contributed by atoms with van der Waals surface area (Å²) in [4.78, 5) is 0. The Kier molecular flexibility index (Phi) is 7.43. The first-order chi connectivity index (χ1) is 6.65. The second-order valence-electron chi connectivity index (χ2n) is 5.60. The van der Waals surface area contributed by atoms with Gasteiger partial charge >= 0.3 is 0 Å². The highest BCUT2D eigenvalue weighted by Crippen LogP contribution is 2.74. The van der Waals surface area contributed by atoms with E-state index in [2.05, 4.69) is 59.0 Å². The maximum atomic E-state index is 2.69. The van der Waals surface area contributed by atoms with Crippen molar-refractivity contribution in [1.82, 2.24) is 4.67 Å². The third-order valence-corrected chi connectivity index (χ3v) is 12.6. The zero-order valence-corrected chi connectivity index (χ0v) is 14.5. The predicted molar refractivity (Wildman–Crippen MR) is 82.8 cm³/mol. The monoisotopic (exact) mass is 268 g/mol. The Balaban J connectivity index is 4.38. The van der Waals surface area contributed by atoms with Crippen molar-refractivity contribution in [2.45, 2.75) is 39.8 Å². The van der Waals surface area contributed by atoms with Crippen molar-refractivity contribution < 1.29 is 0 Å². The van der Waals surface area contributed by atoms with E-state index in [1.54, 1.807) is 0 Å². The van der Waals surface area contributed by atoms with Crippen LogP contribution in [-0.4, -0.2) is 49.3 Å². The number of nitrogens with zero attached hydrogens (tertiary/aromatic N) is 1. The number of hydrogen-bond acceptors (Lipinski definition) is 1. The molecule has 0 N–H and O–H groups in total. The Labute approximate surface area is 101 Å². The SMILES string of the molecule is CC(C)N(P[P+](C)(C)CP(C)C)C(C)C. The Morgan fingerprint density at radius 3 is 1.73 bits per heavy atom. The molecule has 15 heavy (non-hydrogen) atoms. The molecule has 0 heterocycles. The molecule has 0 saturated carbocycles. The maximum absolute atomic E-state index is 2.69. The van der Waals surface area contributed by atoms with Crippen molar-refractivity contribution >= 4 is 23.3 Å². The van der Waals surface area contributed by atoms with Crippen LogP contribution in [0.15, 0.2) is 0 Å². The lowest BCUT2D eigenvalue weighted by molar-refractivity contribution is 0.332. The highest BCUT2D eigenvalue weighted by Gasteiger charge is 2.32. The van der Waals surface area contributed by atoms with E-state index < -0.39 is 6.95 Å². The summed E-state index contributed by atoms with van der Waals surface area (Å²) in [6.07, 6.45) is 0. The van der Waals surface area contributed by atoms with Gasteiger partial charge in [0.15, 0.2) is 0 Å². The third-order valence-electron chi connectivity index (χ3n) is 2.14. The molecule has 0 aliphatic heterocycles. The molecule has 0 radical (unpaired) electrons. The van der Waals surface area contributed by atoms with Gasteiger partial charge in [0.1, 0.15) is 8.42 Å². The van der Waals surface area contributed by atoms with E-state index in [1.165, 1.54) is 5.90 Å². The fraction of sp³-hybridized carbons (Fsp3) is 1.00. The Morgan fingerprint density at radius 2 is 1.47 bits per heavy atom. The molecule has 1 nitrogen and oxygen atoms in total. The molecule has 0 aromatic carbocycles. The fourth-order valence-electron chi connectivity index (χ4n) is 1.88. The van der Waals surface area contributed by atoms with Crippen molar-refractivity contribution in [1.29, 1.82) is 0 Å². The summed E-state index contributed by atoms with van der Waals surface area (Å²) < 4.78 is 2.69. The second kappa shape index (κ2) is 6.86. The lowest BCUT2D eigenvalue weighted by atomic mass is 10.3. The van der Waals surface area contributed by atoms with Crippen molar-refractivity contribution in [3.8, 4) is 0 Å².